The molecule has 2 rings (SSSR count). The van der Waals surface area contributed by atoms with Crippen molar-refractivity contribution in [3.8, 4) is 0 Å². The van der Waals surface area contributed by atoms with Gasteiger partial charge in [0.05, 0.1) is 18.2 Å². The summed E-state index contributed by atoms with van der Waals surface area (Å²) in [5.41, 5.74) is 1.08. The van der Waals surface area contributed by atoms with Crippen LogP contribution >= 0.6 is 15.9 Å². The normalized spacial score (nSPS) is 11.1. The maximum atomic E-state index is 13.3. The van der Waals surface area contributed by atoms with Gasteiger partial charge in [-0.05, 0) is 37.1 Å². The molecule has 0 spiro atoms. The van der Waals surface area contributed by atoms with E-state index in [0.29, 0.717) is 21.8 Å². The summed E-state index contributed by atoms with van der Waals surface area (Å²) in [6.07, 6.45) is 4.09. The Morgan fingerprint density at radius 3 is 2.67 bits per heavy atom. The Bertz CT molecular complexity index is 615. The van der Waals surface area contributed by atoms with E-state index in [2.05, 4.69) is 34.9 Å². The number of hydrogen-bond acceptors (Lipinski definition) is 2. The van der Waals surface area contributed by atoms with Crippen molar-refractivity contribution < 1.29 is 9.18 Å². The Morgan fingerprint density at radius 1 is 1.33 bits per heavy atom. The van der Waals surface area contributed by atoms with E-state index in [9.17, 15) is 9.18 Å². The largest absolute Gasteiger partial charge is 0.294 e. The summed E-state index contributed by atoms with van der Waals surface area (Å²) < 4.78 is 15.8. The number of nitrogens with zero attached hydrogens (tertiary/aromatic N) is 2. The van der Waals surface area contributed by atoms with E-state index in [-0.39, 0.29) is 12.2 Å². The lowest BCUT2D eigenvalue weighted by Crippen LogP contribution is -2.09. The topological polar surface area (TPSA) is 34.9 Å². The second-order valence-corrected chi connectivity index (χ2v) is 5.93. The Morgan fingerprint density at radius 2 is 2.05 bits per heavy atom. The fourth-order valence-electron chi connectivity index (χ4n) is 2.32. The summed E-state index contributed by atoms with van der Waals surface area (Å²) in [5, 5.41) is 4.45. The zero-order valence-electron chi connectivity index (χ0n) is 12.1. The molecule has 0 aliphatic rings. The first-order valence-corrected chi connectivity index (χ1v) is 7.86. The molecule has 0 aliphatic carbocycles. The molecule has 0 bridgehead atoms. The maximum Gasteiger partial charge on any atom is 0.169 e. The van der Waals surface area contributed by atoms with Crippen LogP contribution in [-0.4, -0.2) is 15.6 Å². The molecule has 0 saturated carbocycles. The molecule has 0 amide bonds. The molecule has 1 heterocycles. The molecule has 112 valence electrons. The van der Waals surface area contributed by atoms with E-state index in [4.69, 9.17) is 0 Å². The molecule has 1 aromatic carbocycles. The van der Waals surface area contributed by atoms with Crippen molar-refractivity contribution in [3.05, 3.63) is 52.0 Å². The molecule has 0 radical (unpaired) electrons. The maximum absolute atomic E-state index is 13.3. The van der Waals surface area contributed by atoms with Gasteiger partial charge in [-0.3, -0.25) is 9.48 Å². The molecule has 0 unspecified atom stereocenters. The molecular formula is C16H18BrFN2O. The molecule has 3 nitrogen and oxygen atoms in total. The average molecular weight is 353 g/mol. The van der Waals surface area contributed by atoms with E-state index in [0.717, 1.165) is 12.8 Å². The second kappa shape index (κ2) is 6.98. The highest BCUT2D eigenvalue weighted by molar-refractivity contribution is 9.10. The van der Waals surface area contributed by atoms with Crippen molar-refractivity contribution in [1.29, 1.82) is 0 Å². The van der Waals surface area contributed by atoms with E-state index in [1.54, 1.807) is 6.07 Å². The fourth-order valence-corrected chi connectivity index (χ4v) is 2.78. The zero-order valence-corrected chi connectivity index (χ0v) is 13.7. The quantitative estimate of drug-likeness (QED) is 0.713. The summed E-state index contributed by atoms with van der Waals surface area (Å²) in [4.78, 5) is 12.2. The van der Waals surface area contributed by atoms with Gasteiger partial charge < -0.3 is 0 Å². The lowest BCUT2D eigenvalue weighted by Gasteiger charge is -2.12. The Hall–Kier alpha value is -1.49. The third-order valence-electron chi connectivity index (χ3n) is 3.51. The highest BCUT2D eigenvalue weighted by Gasteiger charge is 2.13. The van der Waals surface area contributed by atoms with Crippen molar-refractivity contribution in [1.82, 2.24) is 9.78 Å². The van der Waals surface area contributed by atoms with E-state index in [1.807, 2.05) is 16.9 Å². The van der Waals surface area contributed by atoms with Crippen LogP contribution in [0.15, 0.2) is 34.9 Å². The second-order valence-electron chi connectivity index (χ2n) is 5.02. The van der Waals surface area contributed by atoms with Gasteiger partial charge in [-0.1, -0.05) is 29.8 Å². The predicted molar refractivity (Wildman–Crippen MR) is 84.0 cm³/mol. The smallest absolute Gasteiger partial charge is 0.169 e. The van der Waals surface area contributed by atoms with Crippen LogP contribution in [0.5, 0.6) is 0 Å². The molecule has 21 heavy (non-hydrogen) atoms. The summed E-state index contributed by atoms with van der Waals surface area (Å²) in [7, 11) is 0. The number of hydrogen-bond donors (Lipinski definition) is 0. The summed E-state index contributed by atoms with van der Waals surface area (Å²) >= 11 is 3.20. The fraction of sp³-hybridized carbons (Fsp3) is 0.375. The van der Waals surface area contributed by atoms with Crippen LogP contribution in [0.1, 0.15) is 48.8 Å². The number of halogens is 2. The predicted octanol–water partition coefficient (Wildman–Crippen LogP) is 4.57. The Kier molecular flexibility index (Phi) is 5.28. The van der Waals surface area contributed by atoms with Gasteiger partial charge in [-0.25, -0.2) is 4.39 Å². The van der Waals surface area contributed by atoms with Crippen LogP contribution in [0, 0.1) is 5.82 Å². The van der Waals surface area contributed by atoms with Crippen LogP contribution in [0.25, 0.3) is 0 Å². The number of Topliss-reactive ketones (excluding diaryl/α,β-unsaturated/α-hetero) is 1. The monoisotopic (exact) mass is 352 g/mol. The minimum Gasteiger partial charge on any atom is -0.294 e. The van der Waals surface area contributed by atoms with Crippen molar-refractivity contribution in [2.45, 2.75) is 39.2 Å². The Balaban J connectivity index is 2.12. The minimum atomic E-state index is -0.421. The average Bonchev–Trinajstić information content (AvgIpc) is 2.87. The van der Waals surface area contributed by atoms with Crippen molar-refractivity contribution in [2.75, 3.05) is 0 Å². The summed E-state index contributed by atoms with van der Waals surface area (Å²) in [6, 6.07) is 6.43. The highest BCUT2D eigenvalue weighted by atomic mass is 79.9. The van der Waals surface area contributed by atoms with Gasteiger partial charge in [0.15, 0.2) is 5.78 Å². The first-order valence-electron chi connectivity index (χ1n) is 7.06. The molecule has 0 atom stereocenters. The van der Waals surface area contributed by atoms with Crippen LogP contribution in [-0.2, 0) is 6.42 Å². The van der Waals surface area contributed by atoms with E-state index in [1.165, 1.54) is 12.1 Å². The van der Waals surface area contributed by atoms with Gasteiger partial charge in [0.2, 0.25) is 0 Å². The van der Waals surface area contributed by atoms with Gasteiger partial charge in [-0.2, -0.15) is 5.10 Å². The van der Waals surface area contributed by atoms with Gasteiger partial charge in [-0.15, -0.1) is 0 Å². The minimum absolute atomic E-state index is 0.134. The van der Waals surface area contributed by atoms with Crippen LogP contribution in [0.3, 0.4) is 0 Å². The van der Waals surface area contributed by atoms with Gasteiger partial charge in [0.25, 0.3) is 0 Å². The van der Waals surface area contributed by atoms with Gasteiger partial charge in [0.1, 0.15) is 5.82 Å². The first-order chi connectivity index (χ1) is 10.0. The zero-order chi connectivity index (χ0) is 15.4. The van der Waals surface area contributed by atoms with E-state index < -0.39 is 5.82 Å². The molecular weight excluding hydrogens is 335 g/mol. The molecule has 2 aromatic rings. The molecule has 1 aromatic heterocycles. The van der Waals surface area contributed by atoms with Gasteiger partial charge in [0, 0.05) is 16.2 Å². The lowest BCUT2D eigenvalue weighted by molar-refractivity contribution is 0.0991. The number of rotatable bonds is 6. The SMILES string of the molecule is CCC(CC)n1ccc(CC(=O)c2cc(F)cc(Br)c2)n1. The highest BCUT2D eigenvalue weighted by Crippen LogP contribution is 2.18. The third-order valence-corrected chi connectivity index (χ3v) is 3.96. The number of aromatic nitrogens is 2. The van der Waals surface area contributed by atoms with Crippen molar-refractivity contribution in [3.63, 3.8) is 0 Å². The molecule has 0 aliphatic heterocycles. The van der Waals surface area contributed by atoms with Gasteiger partial charge >= 0.3 is 0 Å². The van der Waals surface area contributed by atoms with Crippen LogP contribution < -0.4 is 0 Å². The number of benzene rings is 1. The summed E-state index contributed by atoms with van der Waals surface area (Å²) in [5.74, 6) is -0.555. The van der Waals surface area contributed by atoms with Crippen molar-refractivity contribution in [2.24, 2.45) is 0 Å². The van der Waals surface area contributed by atoms with Crippen LogP contribution in [0.4, 0.5) is 4.39 Å². The molecule has 0 N–H and O–H groups in total. The van der Waals surface area contributed by atoms with Crippen molar-refractivity contribution >= 4 is 21.7 Å². The Labute approximate surface area is 132 Å². The molecule has 0 fully saturated rings. The summed E-state index contributed by atoms with van der Waals surface area (Å²) in [6.45, 7) is 4.23. The van der Waals surface area contributed by atoms with E-state index >= 15 is 0 Å². The first kappa shape index (κ1) is 15.9. The molecule has 5 heteroatoms. The standard InChI is InChI=1S/C16H18BrFN2O/c1-3-15(4-2)20-6-5-14(19-20)10-16(21)11-7-12(17)9-13(18)8-11/h5-9,15H,3-4,10H2,1-2H3. The number of ketones is 1. The number of carbonyl (C=O) groups excluding carboxylic acids is 1. The third kappa shape index (κ3) is 4.00. The number of carbonyl (C=O) groups is 1. The molecule has 0 saturated heterocycles. The van der Waals surface area contributed by atoms with Crippen LogP contribution in [0.2, 0.25) is 0 Å². The lowest BCUT2D eigenvalue weighted by atomic mass is 10.1.